The van der Waals surface area contributed by atoms with E-state index in [1.807, 2.05) is 24.3 Å². The summed E-state index contributed by atoms with van der Waals surface area (Å²) in [6, 6.07) is 7.77. The van der Waals surface area contributed by atoms with Crippen LogP contribution in [-0.2, 0) is 13.1 Å². The molecule has 0 atom stereocenters. The fourth-order valence-corrected chi connectivity index (χ4v) is 4.21. The Balaban J connectivity index is 1.75. The summed E-state index contributed by atoms with van der Waals surface area (Å²) >= 11 is 0. The topological polar surface area (TPSA) is 65.6 Å². The smallest absolute Gasteiger partial charge is 0.265 e. The van der Waals surface area contributed by atoms with Crippen molar-refractivity contribution in [3.63, 3.8) is 0 Å². The number of aryl methyl sites for hydroxylation is 1. The third kappa shape index (κ3) is 3.05. The van der Waals surface area contributed by atoms with E-state index in [4.69, 9.17) is 9.97 Å². The minimum Gasteiger partial charge on any atom is -0.308 e. The fourth-order valence-electron chi connectivity index (χ4n) is 4.21. The van der Waals surface area contributed by atoms with Crippen LogP contribution in [0.5, 0.6) is 0 Å². The van der Waals surface area contributed by atoms with Gasteiger partial charge in [-0.15, -0.1) is 6.58 Å². The molecule has 1 aliphatic carbocycles. The van der Waals surface area contributed by atoms with Crippen molar-refractivity contribution in [1.29, 1.82) is 0 Å². The van der Waals surface area contributed by atoms with E-state index in [1.54, 1.807) is 17.0 Å². The van der Waals surface area contributed by atoms with Crippen molar-refractivity contribution < 1.29 is 0 Å². The summed E-state index contributed by atoms with van der Waals surface area (Å²) in [6.45, 7) is 4.91. The van der Waals surface area contributed by atoms with Crippen LogP contribution in [0.3, 0.4) is 0 Å². The van der Waals surface area contributed by atoms with E-state index < -0.39 is 0 Å². The minimum atomic E-state index is -0.0971. The molecule has 0 spiro atoms. The number of allylic oxidation sites excluding steroid dienone is 3. The Morgan fingerprint density at radius 2 is 1.93 bits per heavy atom. The highest BCUT2D eigenvalue weighted by Gasteiger charge is 2.19. The van der Waals surface area contributed by atoms with Gasteiger partial charge in [0.2, 0.25) is 0 Å². The predicted molar refractivity (Wildman–Crippen MR) is 116 cm³/mol. The van der Waals surface area contributed by atoms with Gasteiger partial charge in [-0.2, -0.15) is 0 Å². The van der Waals surface area contributed by atoms with E-state index in [2.05, 4.69) is 22.2 Å². The lowest BCUT2D eigenvalue weighted by molar-refractivity contribution is 0.637. The number of hydrogen-bond acceptors (Lipinski definition) is 4. The lowest BCUT2D eigenvalue weighted by Crippen LogP contribution is -2.20. The standard InChI is InChI=1S/C23H23N5O/c1-2-13-27-15-24-21-19(23(27)29)20-22(26-18-11-7-6-10-17(18)25-20)28(21)14-12-16-8-4-3-5-9-16/h2,6-8,10-11,15H,1,3-5,9,12-14H2. The van der Waals surface area contributed by atoms with Gasteiger partial charge in [0, 0.05) is 13.1 Å². The summed E-state index contributed by atoms with van der Waals surface area (Å²) in [4.78, 5) is 27.5. The maximum Gasteiger partial charge on any atom is 0.265 e. The van der Waals surface area contributed by atoms with Crippen LogP contribution in [-0.4, -0.2) is 24.1 Å². The van der Waals surface area contributed by atoms with Crippen molar-refractivity contribution in [2.24, 2.45) is 0 Å². The number of benzene rings is 1. The number of rotatable bonds is 5. The Bertz CT molecular complexity index is 1330. The maximum absolute atomic E-state index is 13.2. The molecule has 4 aromatic rings. The van der Waals surface area contributed by atoms with Gasteiger partial charge in [0.1, 0.15) is 17.2 Å². The van der Waals surface area contributed by atoms with Crippen LogP contribution in [0.2, 0.25) is 0 Å². The number of para-hydroxylation sites is 2. The number of fused-ring (bicyclic) bond motifs is 4. The molecule has 29 heavy (non-hydrogen) atoms. The predicted octanol–water partition coefficient (Wildman–Crippen LogP) is 4.37. The zero-order chi connectivity index (χ0) is 19.8. The third-order valence-corrected chi connectivity index (χ3v) is 5.69. The summed E-state index contributed by atoms with van der Waals surface area (Å²) in [5.74, 6) is 0. The minimum absolute atomic E-state index is 0.0971. The molecule has 6 nitrogen and oxygen atoms in total. The molecule has 3 heterocycles. The highest BCUT2D eigenvalue weighted by Crippen LogP contribution is 2.27. The molecule has 0 saturated heterocycles. The van der Waals surface area contributed by atoms with Crippen LogP contribution in [0, 0.1) is 0 Å². The Morgan fingerprint density at radius 1 is 1.10 bits per heavy atom. The molecule has 1 aliphatic rings. The van der Waals surface area contributed by atoms with Crippen LogP contribution in [0.25, 0.3) is 33.2 Å². The Morgan fingerprint density at radius 3 is 2.69 bits per heavy atom. The summed E-state index contributed by atoms with van der Waals surface area (Å²) < 4.78 is 3.64. The van der Waals surface area contributed by atoms with Gasteiger partial charge in [0.25, 0.3) is 5.56 Å². The highest BCUT2D eigenvalue weighted by molar-refractivity contribution is 6.04. The molecule has 0 unspecified atom stereocenters. The van der Waals surface area contributed by atoms with E-state index in [0.717, 1.165) is 42.5 Å². The number of nitrogens with zero attached hydrogens (tertiary/aromatic N) is 5. The molecular weight excluding hydrogens is 362 g/mol. The SMILES string of the molecule is C=CCn1cnc2c(c1=O)c1nc3ccccc3nc1n2CCC1=CCCCC1. The first-order chi connectivity index (χ1) is 14.3. The number of hydrogen-bond donors (Lipinski definition) is 0. The Labute approximate surface area is 168 Å². The average Bonchev–Trinajstić information content (AvgIpc) is 3.06. The monoisotopic (exact) mass is 385 g/mol. The van der Waals surface area contributed by atoms with E-state index in [-0.39, 0.29) is 5.56 Å². The van der Waals surface area contributed by atoms with Crippen molar-refractivity contribution in [2.45, 2.75) is 45.2 Å². The summed E-state index contributed by atoms with van der Waals surface area (Å²) in [7, 11) is 0. The quantitative estimate of drug-likeness (QED) is 0.479. The van der Waals surface area contributed by atoms with Gasteiger partial charge >= 0.3 is 0 Å². The van der Waals surface area contributed by atoms with Gasteiger partial charge in [-0.1, -0.05) is 29.9 Å². The number of aromatic nitrogens is 5. The molecular formula is C23H23N5O. The van der Waals surface area contributed by atoms with Gasteiger partial charge < -0.3 is 4.57 Å². The molecule has 5 rings (SSSR count). The van der Waals surface area contributed by atoms with Crippen molar-refractivity contribution in [3.8, 4) is 0 Å². The molecule has 0 aliphatic heterocycles. The highest BCUT2D eigenvalue weighted by atomic mass is 16.1. The second kappa shape index (κ2) is 7.28. The van der Waals surface area contributed by atoms with Gasteiger partial charge in [-0.25, -0.2) is 15.0 Å². The van der Waals surface area contributed by atoms with Crippen LogP contribution in [0.15, 0.2) is 59.7 Å². The third-order valence-electron chi connectivity index (χ3n) is 5.69. The van der Waals surface area contributed by atoms with Gasteiger partial charge in [-0.3, -0.25) is 9.36 Å². The van der Waals surface area contributed by atoms with Crippen LogP contribution < -0.4 is 5.56 Å². The van der Waals surface area contributed by atoms with Crippen molar-refractivity contribution >= 4 is 33.2 Å². The summed E-state index contributed by atoms with van der Waals surface area (Å²) in [5, 5.41) is 0.542. The van der Waals surface area contributed by atoms with Crippen LogP contribution in [0.1, 0.15) is 32.1 Å². The molecule has 3 aromatic heterocycles. The molecule has 0 amide bonds. The van der Waals surface area contributed by atoms with Gasteiger partial charge in [-0.05, 0) is 44.2 Å². The molecule has 0 bridgehead atoms. The largest absolute Gasteiger partial charge is 0.308 e. The molecule has 146 valence electrons. The lowest BCUT2D eigenvalue weighted by atomic mass is 9.97. The zero-order valence-corrected chi connectivity index (χ0v) is 16.3. The van der Waals surface area contributed by atoms with E-state index in [1.165, 1.54) is 18.4 Å². The first-order valence-electron chi connectivity index (χ1n) is 10.2. The molecule has 0 N–H and O–H groups in total. The second-order valence-electron chi connectivity index (χ2n) is 7.58. The molecule has 0 radical (unpaired) electrons. The van der Waals surface area contributed by atoms with E-state index >= 15 is 0 Å². The first-order valence-corrected chi connectivity index (χ1v) is 10.2. The fraction of sp³-hybridized carbons (Fsp3) is 0.304. The van der Waals surface area contributed by atoms with Crippen molar-refractivity contribution in [3.05, 3.63) is 65.3 Å². The lowest BCUT2D eigenvalue weighted by Gasteiger charge is -2.13. The van der Waals surface area contributed by atoms with E-state index in [0.29, 0.717) is 23.1 Å². The van der Waals surface area contributed by atoms with Crippen molar-refractivity contribution in [1.82, 2.24) is 24.1 Å². The van der Waals surface area contributed by atoms with Crippen LogP contribution >= 0.6 is 0 Å². The molecule has 0 fully saturated rings. The Hall–Kier alpha value is -3.28. The summed E-state index contributed by atoms with van der Waals surface area (Å²) in [5.41, 5.74) is 5.03. The van der Waals surface area contributed by atoms with Crippen LogP contribution in [0.4, 0.5) is 0 Å². The summed E-state index contributed by atoms with van der Waals surface area (Å²) in [6.07, 6.45) is 11.5. The molecule has 0 saturated carbocycles. The first kappa shape index (κ1) is 17.8. The normalized spacial score (nSPS) is 14.6. The molecule has 1 aromatic carbocycles. The van der Waals surface area contributed by atoms with Gasteiger partial charge in [0.05, 0.1) is 11.0 Å². The second-order valence-corrected chi connectivity index (χ2v) is 7.58. The van der Waals surface area contributed by atoms with Gasteiger partial charge in [0.15, 0.2) is 11.3 Å². The van der Waals surface area contributed by atoms with E-state index in [9.17, 15) is 4.79 Å². The zero-order valence-electron chi connectivity index (χ0n) is 16.3. The Kier molecular flexibility index (Phi) is 4.46. The van der Waals surface area contributed by atoms with Crippen molar-refractivity contribution in [2.75, 3.05) is 0 Å². The maximum atomic E-state index is 13.2. The average molecular weight is 385 g/mol. The molecule has 6 heteroatoms.